The second-order valence-corrected chi connectivity index (χ2v) is 5.82. The Morgan fingerprint density at radius 3 is 2.85 bits per heavy atom. The molecule has 3 atom stereocenters. The zero-order chi connectivity index (χ0) is 13.9. The van der Waals surface area contributed by atoms with Crippen LogP contribution in [0.2, 0.25) is 0 Å². The first kappa shape index (κ1) is 13.5. The van der Waals surface area contributed by atoms with Crippen LogP contribution < -0.4 is 5.32 Å². The quantitative estimate of drug-likeness (QED) is 0.889. The van der Waals surface area contributed by atoms with Crippen molar-refractivity contribution in [3.63, 3.8) is 0 Å². The van der Waals surface area contributed by atoms with E-state index in [-0.39, 0.29) is 6.04 Å². The van der Waals surface area contributed by atoms with E-state index in [1.165, 1.54) is 38.4 Å². The molecule has 1 aliphatic heterocycles. The number of cyclic esters (lactones) is 1. The van der Waals surface area contributed by atoms with Gasteiger partial charge in [0.05, 0.1) is 12.3 Å². The Morgan fingerprint density at radius 2 is 2.15 bits per heavy atom. The van der Waals surface area contributed by atoms with Crippen LogP contribution in [0.3, 0.4) is 0 Å². The smallest absolute Gasteiger partial charge is 0.407 e. The fraction of sp³-hybridized carbons (Fsp3) is 0.667. The van der Waals surface area contributed by atoms with Crippen molar-refractivity contribution in [1.29, 1.82) is 0 Å². The number of carbonyl (C=O) groups is 1. The van der Waals surface area contributed by atoms with Crippen molar-refractivity contribution in [2.75, 3.05) is 0 Å². The van der Waals surface area contributed by atoms with E-state index in [0.29, 0.717) is 11.7 Å². The molecule has 2 N–H and O–H groups in total. The van der Waals surface area contributed by atoms with Gasteiger partial charge in [0.15, 0.2) is 12.2 Å². The van der Waals surface area contributed by atoms with Crippen molar-refractivity contribution < 1.29 is 19.1 Å². The Kier molecular flexibility index (Phi) is 3.96. The minimum atomic E-state index is -0.905. The summed E-state index contributed by atoms with van der Waals surface area (Å²) in [6.45, 7) is 0. The standard InChI is InChI=1S/C15H21NO4/c17-13(12-7-4-8-19-12)14-11(16-15(18)20-14)9-10-5-2-1-3-6-10/h4,7-8,10-11,13-14,17H,1-3,5-6,9H2,(H,16,18)/t11-,13?,14+/m0/s1. The summed E-state index contributed by atoms with van der Waals surface area (Å²) in [5.41, 5.74) is 0. The molecule has 0 radical (unpaired) electrons. The summed E-state index contributed by atoms with van der Waals surface area (Å²) >= 11 is 0. The Hall–Kier alpha value is -1.49. The first-order valence-electron chi connectivity index (χ1n) is 7.42. The average molecular weight is 279 g/mol. The molecular weight excluding hydrogens is 258 g/mol. The third kappa shape index (κ3) is 2.82. The van der Waals surface area contributed by atoms with Gasteiger partial charge in [-0.25, -0.2) is 4.79 Å². The van der Waals surface area contributed by atoms with Crippen LogP contribution in [0.5, 0.6) is 0 Å². The van der Waals surface area contributed by atoms with Gasteiger partial charge in [-0.3, -0.25) is 0 Å². The number of alkyl carbamates (subject to hydrolysis) is 1. The maximum atomic E-state index is 11.5. The Balaban J connectivity index is 1.66. The number of rotatable bonds is 4. The molecule has 1 aliphatic carbocycles. The Morgan fingerprint density at radius 1 is 1.35 bits per heavy atom. The second-order valence-electron chi connectivity index (χ2n) is 5.82. The number of carbonyl (C=O) groups excluding carboxylic acids is 1. The van der Waals surface area contributed by atoms with Gasteiger partial charge < -0.3 is 19.6 Å². The van der Waals surface area contributed by atoms with Crippen LogP contribution in [0.15, 0.2) is 22.8 Å². The highest BCUT2D eigenvalue weighted by Gasteiger charge is 2.41. The molecule has 2 fully saturated rings. The summed E-state index contributed by atoms with van der Waals surface area (Å²) in [5, 5.41) is 13.1. The van der Waals surface area contributed by atoms with Gasteiger partial charge in [0.2, 0.25) is 0 Å². The molecule has 1 aromatic heterocycles. The fourth-order valence-corrected chi connectivity index (χ4v) is 3.35. The predicted octanol–water partition coefficient (Wildman–Crippen LogP) is 2.76. The first-order chi connectivity index (χ1) is 9.74. The van der Waals surface area contributed by atoms with E-state index in [4.69, 9.17) is 9.15 Å². The van der Waals surface area contributed by atoms with Gasteiger partial charge in [-0.1, -0.05) is 32.1 Å². The van der Waals surface area contributed by atoms with Crippen LogP contribution in [0.1, 0.15) is 50.4 Å². The Bertz CT molecular complexity index is 439. The van der Waals surface area contributed by atoms with Crippen LogP contribution in [0.25, 0.3) is 0 Å². The summed E-state index contributed by atoms with van der Waals surface area (Å²) in [5.74, 6) is 1.06. The van der Waals surface area contributed by atoms with E-state index >= 15 is 0 Å². The maximum absolute atomic E-state index is 11.5. The van der Waals surface area contributed by atoms with Gasteiger partial charge in [-0.05, 0) is 24.5 Å². The third-order valence-corrected chi connectivity index (χ3v) is 4.40. The number of nitrogens with one attached hydrogen (secondary N) is 1. The predicted molar refractivity (Wildman–Crippen MR) is 72.1 cm³/mol. The van der Waals surface area contributed by atoms with E-state index in [9.17, 15) is 9.90 Å². The average Bonchev–Trinajstić information content (AvgIpc) is 3.09. The molecule has 5 nitrogen and oxygen atoms in total. The monoisotopic (exact) mass is 279 g/mol. The van der Waals surface area contributed by atoms with Crippen LogP contribution in [-0.2, 0) is 4.74 Å². The fourth-order valence-electron chi connectivity index (χ4n) is 3.35. The normalized spacial score (nSPS) is 28.9. The number of aliphatic hydroxyl groups excluding tert-OH is 1. The van der Waals surface area contributed by atoms with E-state index in [2.05, 4.69) is 5.32 Å². The molecule has 0 aromatic carbocycles. The molecule has 1 amide bonds. The second kappa shape index (κ2) is 5.87. The molecular formula is C15H21NO4. The topological polar surface area (TPSA) is 71.7 Å². The van der Waals surface area contributed by atoms with Crippen molar-refractivity contribution in [1.82, 2.24) is 5.32 Å². The van der Waals surface area contributed by atoms with E-state index in [1.807, 2.05) is 0 Å². The lowest BCUT2D eigenvalue weighted by molar-refractivity contribution is 0.00214. The molecule has 1 saturated heterocycles. The molecule has 0 bridgehead atoms. The summed E-state index contributed by atoms with van der Waals surface area (Å²) < 4.78 is 10.5. The number of hydrogen-bond acceptors (Lipinski definition) is 4. The number of amides is 1. The molecule has 20 heavy (non-hydrogen) atoms. The van der Waals surface area contributed by atoms with Crippen LogP contribution >= 0.6 is 0 Å². The Labute approximate surface area is 118 Å². The first-order valence-corrected chi connectivity index (χ1v) is 7.42. The highest BCUT2D eigenvalue weighted by Crippen LogP contribution is 2.33. The highest BCUT2D eigenvalue weighted by atomic mass is 16.6. The van der Waals surface area contributed by atoms with E-state index < -0.39 is 18.3 Å². The maximum Gasteiger partial charge on any atom is 0.407 e. The van der Waals surface area contributed by atoms with Crippen molar-refractivity contribution in [3.05, 3.63) is 24.2 Å². The van der Waals surface area contributed by atoms with Gasteiger partial charge in [-0.15, -0.1) is 0 Å². The number of aliphatic hydroxyl groups is 1. The molecule has 2 heterocycles. The lowest BCUT2D eigenvalue weighted by Gasteiger charge is -2.27. The van der Waals surface area contributed by atoms with Gasteiger partial charge in [0.1, 0.15) is 5.76 Å². The molecule has 1 unspecified atom stereocenters. The van der Waals surface area contributed by atoms with Crippen molar-refractivity contribution in [2.24, 2.45) is 5.92 Å². The zero-order valence-electron chi connectivity index (χ0n) is 11.5. The number of hydrogen-bond donors (Lipinski definition) is 2. The van der Waals surface area contributed by atoms with Crippen LogP contribution in [0.4, 0.5) is 4.79 Å². The SMILES string of the molecule is O=C1N[C@@H](CC2CCCCC2)[C@H](C(O)c2ccco2)O1. The zero-order valence-corrected chi connectivity index (χ0v) is 11.5. The van der Waals surface area contributed by atoms with E-state index in [1.54, 1.807) is 12.1 Å². The summed E-state index contributed by atoms with van der Waals surface area (Å²) in [7, 11) is 0. The number of furan rings is 1. The molecule has 2 aliphatic rings. The third-order valence-electron chi connectivity index (χ3n) is 4.40. The van der Waals surface area contributed by atoms with Gasteiger partial charge in [0, 0.05) is 0 Å². The summed E-state index contributed by atoms with van der Waals surface area (Å²) in [4.78, 5) is 11.5. The van der Waals surface area contributed by atoms with Gasteiger partial charge in [0.25, 0.3) is 0 Å². The van der Waals surface area contributed by atoms with Gasteiger partial charge in [-0.2, -0.15) is 0 Å². The lowest BCUT2D eigenvalue weighted by Crippen LogP contribution is -2.37. The molecule has 5 heteroatoms. The van der Waals surface area contributed by atoms with Crippen LogP contribution in [0, 0.1) is 5.92 Å². The molecule has 0 spiro atoms. The van der Waals surface area contributed by atoms with Crippen molar-refractivity contribution in [3.8, 4) is 0 Å². The molecule has 3 rings (SSSR count). The summed E-state index contributed by atoms with van der Waals surface area (Å²) in [6, 6.07) is 3.29. The molecule has 110 valence electrons. The van der Waals surface area contributed by atoms with Crippen molar-refractivity contribution in [2.45, 2.75) is 56.8 Å². The van der Waals surface area contributed by atoms with Crippen molar-refractivity contribution >= 4 is 6.09 Å². The van der Waals surface area contributed by atoms with E-state index in [0.717, 1.165) is 6.42 Å². The largest absolute Gasteiger partial charge is 0.466 e. The minimum Gasteiger partial charge on any atom is -0.466 e. The summed E-state index contributed by atoms with van der Waals surface area (Å²) in [6.07, 6.45) is 6.71. The molecule has 1 saturated carbocycles. The lowest BCUT2D eigenvalue weighted by atomic mass is 9.83. The number of ether oxygens (including phenoxy) is 1. The highest BCUT2D eigenvalue weighted by molar-refractivity contribution is 5.70. The van der Waals surface area contributed by atoms with Crippen LogP contribution in [-0.4, -0.2) is 23.3 Å². The van der Waals surface area contributed by atoms with Gasteiger partial charge >= 0.3 is 6.09 Å². The minimum absolute atomic E-state index is 0.134. The molecule has 1 aromatic rings.